The van der Waals surface area contributed by atoms with Gasteiger partial charge in [0.05, 0.1) is 18.3 Å². The molecule has 2 aromatic carbocycles. The van der Waals surface area contributed by atoms with Crippen LogP contribution in [0.3, 0.4) is 0 Å². The number of aliphatic hydroxyl groups is 1. The maximum Gasteiger partial charge on any atom is 0.242 e. The highest BCUT2D eigenvalue weighted by molar-refractivity contribution is 7.89. The maximum atomic E-state index is 12.7. The number of ether oxygens (including phenoxy) is 1. The van der Waals surface area contributed by atoms with Gasteiger partial charge in [0.15, 0.2) is 0 Å². The Labute approximate surface area is 149 Å². The SMILES string of the molecule is COC[C@@](O)(CNS(=O)(=O)c1cccc2nsnc12)c1ccccc1. The maximum absolute atomic E-state index is 12.7. The fourth-order valence-corrected chi connectivity index (χ4v) is 4.37. The normalized spacial score (nSPS) is 14.5. The lowest BCUT2D eigenvalue weighted by atomic mass is 9.95. The molecule has 1 heterocycles. The molecule has 0 amide bonds. The molecule has 25 heavy (non-hydrogen) atoms. The molecule has 0 saturated carbocycles. The van der Waals surface area contributed by atoms with E-state index in [1.54, 1.807) is 36.4 Å². The summed E-state index contributed by atoms with van der Waals surface area (Å²) in [5.74, 6) is 0. The molecule has 3 rings (SSSR count). The van der Waals surface area contributed by atoms with Gasteiger partial charge in [-0.2, -0.15) is 8.75 Å². The minimum atomic E-state index is -3.88. The Hall–Kier alpha value is -1.91. The zero-order chi connectivity index (χ0) is 17.9. The predicted octanol–water partition coefficient (Wildman–Crippen LogP) is 1.50. The number of nitrogens with one attached hydrogen (secondary N) is 1. The average Bonchev–Trinajstić information content (AvgIpc) is 3.10. The van der Waals surface area contributed by atoms with Crippen LogP contribution in [-0.4, -0.2) is 42.5 Å². The minimum absolute atomic E-state index is 0.0339. The van der Waals surface area contributed by atoms with E-state index in [0.29, 0.717) is 16.6 Å². The number of rotatable bonds is 7. The smallest absolute Gasteiger partial charge is 0.242 e. The Morgan fingerprint density at radius 2 is 1.92 bits per heavy atom. The predicted molar refractivity (Wildman–Crippen MR) is 94.8 cm³/mol. The molecule has 132 valence electrons. The van der Waals surface area contributed by atoms with E-state index in [-0.39, 0.29) is 18.0 Å². The van der Waals surface area contributed by atoms with Crippen LogP contribution in [0.1, 0.15) is 5.56 Å². The number of methoxy groups -OCH3 is 1. The van der Waals surface area contributed by atoms with Gasteiger partial charge in [-0.05, 0) is 17.7 Å². The average molecular weight is 379 g/mol. The van der Waals surface area contributed by atoms with E-state index in [4.69, 9.17) is 4.74 Å². The highest BCUT2D eigenvalue weighted by Crippen LogP contribution is 2.24. The molecule has 0 saturated heterocycles. The van der Waals surface area contributed by atoms with Crippen molar-refractivity contribution in [3.63, 3.8) is 0 Å². The van der Waals surface area contributed by atoms with E-state index in [0.717, 1.165) is 11.7 Å². The van der Waals surface area contributed by atoms with Crippen molar-refractivity contribution in [1.29, 1.82) is 0 Å². The van der Waals surface area contributed by atoms with Crippen molar-refractivity contribution < 1.29 is 18.3 Å². The number of hydrogen-bond acceptors (Lipinski definition) is 7. The summed E-state index contributed by atoms with van der Waals surface area (Å²) < 4.78 is 41.0. The molecule has 0 unspecified atom stereocenters. The van der Waals surface area contributed by atoms with Gasteiger partial charge in [-0.1, -0.05) is 36.4 Å². The molecule has 0 aliphatic carbocycles. The quantitative estimate of drug-likeness (QED) is 0.645. The molecule has 3 aromatic rings. The van der Waals surface area contributed by atoms with Crippen LogP contribution < -0.4 is 4.72 Å². The largest absolute Gasteiger partial charge is 0.381 e. The van der Waals surface area contributed by atoms with Crippen molar-refractivity contribution in [2.75, 3.05) is 20.3 Å². The number of fused-ring (bicyclic) bond motifs is 1. The molecule has 0 bridgehead atoms. The van der Waals surface area contributed by atoms with Gasteiger partial charge in [0.1, 0.15) is 21.5 Å². The third kappa shape index (κ3) is 3.70. The fraction of sp³-hybridized carbons (Fsp3) is 0.250. The summed E-state index contributed by atoms with van der Waals surface area (Å²) in [6.07, 6.45) is 0. The lowest BCUT2D eigenvalue weighted by Gasteiger charge is -2.28. The highest BCUT2D eigenvalue weighted by atomic mass is 32.2. The van der Waals surface area contributed by atoms with Gasteiger partial charge >= 0.3 is 0 Å². The zero-order valence-electron chi connectivity index (χ0n) is 13.4. The molecule has 9 heteroatoms. The number of sulfonamides is 1. The van der Waals surface area contributed by atoms with Gasteiger partial charge < -0.3 is 9.84 Å². The van der Waals surface area contributed by atoms with E-state index in [1.807, 2.05) is 6.07 Å². The Kier molecular flexibility index (Phi) is 5.11. The first-order valence-corrected chi connectivity index (χ1v) is 9.65. The second-order valence-electron chi connectivity index (χ2n) is 5.54. The van der Waals surface area contributed by atoms with Crippen molar-refractivity contribution in [3.05, 3.63) is 54.1 Å². The molecule has 0 aliphatic heterocycles. The van der Waals surface area contributed by atoms with Gasteiger partial charge in [0.25, 0.3) is 0 Å². The Morgan fingerprint density at radius 1 is 1.16 bits per heavy atom. The van der Waals surface area contributed by atoms with Crippen molar-refractivity contribution >= 4 is 32.8 Å². The van der Waals surface area contributed by atoms with Crippen LogP contribution in [0.25, 0.3) is 11.0 Å². The molecule has 1 atom stereocenters. The number of aromatic nitrogens is 2. The topological polar surface area (TPSA) is 101 Å². The number of nitrogens with zero attached hydrogens (tertiary/aromatic N) is 2. The third-order valence-electron chi connectivity index (χ3n) is 3.79. The number of hydrogen-bond donors (Lipinski definition) is 2. The molecule has 0 fully saturated rings. The van der Waals surface area contributed by atoms with Crippen molar-refractivity contribution in [2.45, 2.75) is 10.5 Å². The minimum Gasteiger partial charge on any atom is -0.381 e. The standard InChI is InChI=1S/C16H17N3O4S2/c1-23-11-16(20,12-6-3-2-4-7-12)10-17-25(21,22)14-9-5-8-13-15(14)19-24-18-13/h2-9,17,20H,10-11H2,1H3/t16-/m0/s1. The van der Waals surface area contributed by atoms with Crippen LogP contribution in [0.5, 0.6) is 0 Å². The summed E-state index contributed by atoms with van der Waals surface area (Å²) in [5.41, 5.74) is -0.0942. The van der Waals surface area contributed by atoms with Crippen LogP contribution in [0.2, 0.25) is 0 Å². The lowest BCUT2D eigenvalue weighted by Crippen LogP contribution is -2.43. The van der Waals surface area contributed by atoms with Crippen LogP contribution >= 0.6 is 11.7 Å². The van der Waals surface area contributed by atoms with E-state index in [1.165, 1.54) is 13.2 Å². The first-order chi connectivity index (χ1) is 12.0. The second kappa shape index (κ2) is 7.14. The number of benzene rings is 2. The summed E-state index contributed by atoms with van der Waals surface area (Å²) in [6, 6.07) is 13.6. The first-order valence-electron chi connectivity index (χ1n) is 7.44. The van der Waals surface area contributed by atoms with Gasteiger partial charge in [-0.25, -0.2) is 13.1 Å². The van der Waals surface area contributed by atoms with Crippen molar-refractivity contribution in [3.8, 4) is 0 Å². The molecule has 2 N–H and O–H groups in total. The fourth-order valence-electron chi connectivity index (χ4n) is 2.51. The Bertz CT molecular complexity index is 960. The second-order valence-corrected chi connectivity index (χ2v) is 7.81. The van der Waals surface area contributed by atoms with Crippen LogP contribution in [0.4, 0.5) is 0 Å². The molecular weight excluding hydrogens is 362 g/mol. The van der Waals surface area contributed by atoms with E-state index in [9.17, 15) is 13.5 Å². The van der Waals surface area contributed by atoms with Crippen LogP contribution in [0, 0.1) is 0 Å². The molecule has 1 aromatic heterocycles. The Morgan fingerprint density at radius 3 is 2.64 bits per heavy atom. The molecule has 0 aliphatic rings. The first kappa shape index (κ1) is 17.9. The van der Waals surface area contributed by atoms with Gasteiger partial charge in [0, 0.05) is 13.7 Å². The van der Waals surface area contributed by atoms with Crippen LogP contribution in [-0.2, 0) is 20.4 Å². The lowest BCUT2D eigenvalue weighted by molar-refractivity contribution is -0.0310. The molecule has 0 spiro atoms. The summed E-state index contributed by atoms with van der Waals surface area (Å²) in [7, 11) is -2.43. The van der Waals surface area contributed by atoms with Gasteiger partial charge in [-0.15, -0.1) is 0 Å². The van der Waals surface area contributed by atoms with Crippen LogP contribution in [0.15, 0.2) is 53.4 Å². The third-order valence-corrected chi connectivity index (χ3v) is 5.76. The monoisotopic (exact) mass is 379 g/mol. The van der Waals surface area contributed by atoms with Gasteiger partial charge in [-0.3, -0.25) is 0 Å². The molecular formula is C16H17N3O4S2. The molecule has 7 nitrogen and oxygen atoms in total. The summed E-state index contributed by atoms with van der Waals surface area (Å²) in [6.45, 7) is -0.289. The van der Waals surface area contributed by atoms with Crippen molar-refractivity contribution in [2.24, 2.45) is 0 Å². The Balaban J connectivity index is 1.89. The summed E-state index contributed by atoms with van der Waals surface area (Å²) in [4.78, 5) is 0.0339. The van der Waals surface area contributed by atoms with Crippen molar-refractivity contribution in [1.82, 2.24) is 13.5 Å². The van der Waals surface area contributed by atoms with E-state index in [2.05, 4.69) is 13.5 Å². The van der Waals surface area contributed by atoms with Gasteiger partial charge in [0.2, 0.25) is 10.0 Å². The summed E-state index contributed by atoms with van der Waals surface area (Å²) >= 11 is 0.950. The zero-order valence-corrected chi connectivity index (χ0v) is 15.0. The summed E-state index contributed by atoms with van der Waals surface area (Å²) in [5, 5.41) is 10.9. The molecule has 0 radical (unpaired) electrons. The highest BCUT2D eigenvalue weighted by Gasteiger charge is 2.32. The van der Waals surface area contributed by atoms with E-state index >= 15 is 0 Å². The van der Waals surface area contributed by atoms with E-state index < -0.39 is 15.6 Å².